The maximum Gasteiger partial charge on any atom is 0.491 e. The Balaban J connectivity index is 2.25. The van der Waals surface area contributed by atoms with Gasteiger partial charge in [-0.3, -0.25) is 0 Å². The number of esters is 1. The molecule has 0 amide bonds. The summed E-state index contributed by atoms with van der Waals surface area (Å²) in [7, 11) is 0. The predicted molar refractivity (Wildman–Crippen MR) is 45.7 cm³/mol. The van der Waals surface area contributed by atoms with Crippen molar-refractivity contribution in [2.24, 2.45) is 0 Å². The number of carbonyl (C=O) groups is 1. The van der Waals surface area contributed by atoms with Gasteiger partial charge in [0, 0.05) is 0 Å². The topological polar surface area (TPSA) is 52.3 Å². The summed E-state index contributed by atoms with van der Waals surface area (Å²) >= 11 is 0. The number of aromatic nitrogens is 1. The highest BCUT2D eigenvalue weighted by Gasteiger charge is 2.42. The molecule has 4 nitrogen and oxygen atoms in total. The van der Waals surface area contributed by atoms with E-state index in [2.05, 4.69) is 9.72 Å². The van der Waals surface area contributed by atoms with Gasteiger partial charge < -0.3 is 9.15 Å². The van der Waals surface area contributed by atoms with Crippen LogP contribution in [0.4, 0.5) is 13.2 Å². The fraction of sp³-hybridized carbons (Fsp3) is 0.111. The second-order valence-electron chi connectivity index (χ2n) is 2.83. The highest BCUT2D eigenvalue weighted by molar-refractivity contribution is 5.78. The standard InChI is InChI=1S/C9H4F3NO3/c10-9(11,12)7(14)16-8-13-5-3-1-2-4-6(5)15-8/h1-4H. The number of fused-ring (bicyclic) bond motifs is 1. The molecule has 0 fully saturated rings. The third-order valence-corrected chi connectivity index (χ3v) is 1.69. The van der Waals surface area contributed by atoms with E-state index < -0.39 is 18.2 Å². The van der Waals surface area contributed by atoms with Crippen LogP contribution in [0.25, 0.3) is 11.1 Å². The van der Waals surface area contributed by atoms with Crippen LogP contribution in [0.5, 0.6) is 6.08 Å². The number of oxazole rings is 1. The van der Waals surface area contributed by atoms with Gasteiger partial charge in [-0.25, -0.2) is 4.79 Å². The Morgan fingerprint density at radius 2 is 2.00 bits per heavy atom. The van der Waals surface area contributed by atoms with Crippen molar-refractivity contribution in [2.45, 2.75) is 6.18 Å². The number of carbonyl (C=O) groups excluding carboxylic acids is 1. The molecule has 0 unspecified atom stereocenters. The van der Waals surface area contributed by atoms with E-state index >= 15 is 0 Å². The summed E-state index contributed by atoms with van der Waals surface area (Å²) in [6, 6.07) is 6.25. The minimum absolute atomic E-state index is 0.243. The largest absolute Gasteiger partial charge is 0.491 e. The van der Waals surface area contributed by atoms with E-state index in [1.807, 2.05) is 0 Å². The number of nitrogens with zero attached hydrogens (tertiary/aromatic N) is 1. The number of rotatable bonds is 1. The van der Waals surface area contributed by atoms with Crippen LogP contribution in [-0.2, 0) is 4.79 Å². The summed E-state index contributed by atoms with van der Waals surface area (Å²) < 4.78 is 44.2. The molecule has 2 aromatic rings. The van der Waals surface area contributed by atoms with Crippen molar-refractivity contribution in [3.63, 3.8) is 0 Å². The van der Waals surface area contributed by atoms with Gasteiger partial charge in [0.2, 0.25) is 0 Å². The Morgan fingerprint density at radius 3 is 2.62 bits per heavy atom. The smallest absolute Gasteiger partial charge is 0.409 e. The second-order valence-corrected chi connectivity index (χ2v) is 2.83. The third kappa shape index (κ3) is 1.97. The second kappa shape index (κ2) is 3.51. The fourth-order valence-electron chi connectivity index (χ4n) is 1.03. The molecule has 0 saturated carbocycles. The summed E-state index contributed by atoms with van der Waals surface area (Å²) in [4.78, 5) is 14.0. The highest BCUT2D eigenvalue weighted by Crippen LogP contribution is 2.23. The summed E-state index contributed by atoms with van der Waals surface area (Å²) in [6.45, 7) is 0. The minimum atomic E-state index is -5.07. The predicted octanol–water partition coefficient (Wildman–Crippen LogP) is 2.30. The van der Waals surface area contributed by atoms with E-state index in [1.54, 1.807) is 12.1 Å². The van der Waals surface area contributed by atoms with E-state index in [0.717, 1.165) is 0 Å². The first kappa shape index (κ1) is 10.5. The summed E-state index contributed by atoms with van der Waals surface area (Å²) in [5.41, 5.74) is 0.556. The first-order valence-electron chi connectivity index (χ1n) is 4.11. The van der Waals surface area contributed by atoms with Crippen molar-refractivity contribution >= 4 is 17.1 Å². The SMILES string of the molecule is O=C(Oc1nc2ccccc2o1)C(F)(F)F. The third-order valence-electron chi connectivity index (χ3n) is 1.69. The first-order valence-corrected chi connectivity index (χ1v) is 4.11. The average Bonchev–Trinajstić information content (AvgIpc) is 2.58. The number of halogens is 3. The summed E-state index contributed by atoms with van der Waals surface area (Å²) in [5, 5.41) is 0. The van der Waals surface area contributed by atoms with Crippen LogP contribution < -0.4 is 4.74 Å². The number of ether oxygens (including phenoxy) is 1. The molecule has 0 bridgehead atoms. The Kier molecular flexibility index (Phi) is 2.30. The molecule has 0 spiro atoms. The lowest BCUT2D eigenvalue weighted by Gasteiger charge is -2.01. The Bertz CT molecular complexity index is 499. The fourth-order valence-corrected chi connectivity index (χ4v) is 1.03. The average molecular weight is 231 g/mol. The van der Waals surface area contributed by atoms with Crippen LogP contribution in [0.15, 0.2) is 28.7 Å². The van der Waals surface area contributed by atoms with Gasteiger partial charge in [0.1, 0.15) is 5.52 Å². The molecular weight excluding hydrogens is 227 g/mol. The number of benzene rings is 1. The lowest BCUT2D eigenvalue weighted by Crippen LogP contribution is -2.28. The zero-order valence-corrected chi connectivity index (χ0v) is 7.62. The molecule has 1 aromatic carbocycles. The molecule has 2 rings (SSSR count). The van der Waals surface area contributed by atoms with E-state index in [4.69, 9.17) is 4.42 Å². The zero-order valence-electron chi connectivity index (χ0n) is 7.62. The van der Waals surface area contributed by atoms with Gasteiger partial charge >= 0.3 is 18.2 Å². The molecule has 0 saturated heterocycles. The van der Waals surface area contributed by atoms with Crippen molar-refractivity contribution < 1.29 is 27.1 Å². The van der Waals surface area contributed by atoms with Crippen LogP contribution in [0.3, 0.4) is 0 Å². The van der Waals surface area contributed by atoms with Gasteiger partial charge in [-0.1, -0.05) is 12.1 Å². The molecule has 0 aliphatic heterocycles. The van der Waals surface area contributed by atoms with E-state index in [-0.39, 0.29) is 5.58 Å². The van der Waals surface area contributed by atoms with Gasteiger partial charge in [0.15, 0.2) is 5.58 Å². The molecular formula is C9H4F3NO3. The lowest BCUT2D eigenvalue weighted by molar-refractivity contribution is -0.191. The number of hydrogen-bond acceptors (Lipinski definition) is 4. The molecule has 16 heavy (non-hydrogen) atoms. The number of alkyl halides is 3. The molecule has 7 heteroatoms. The molecule has 1 aromatic heterocycles. The molecule has 0 radical (unpaired) electrons. The van der Waals surface area contributed by atoms with Crippen molar-refractivity contribution in [1.82, 2.24) is 4.98 Å². The van der Waals surface area contributed by atoms with Crippen LogP contribution in [-0.4, -0.2) is 17.1 Å². The summed E-state index contributed by atoms with van der Waals surface area (Å²) in [5.74, 6) is -2.36. The zero-order chi connectivity index (χ0) is 11.8. The van der Waals surface area contributed by atoms with Gasteiger partial charge in [0.25, 0.3) is 0 Å². The molecule has 1 heterocycles. The van der Waals surface area contributed by atoms with Crippen LogP contribution >= 0.6 is 0 Å². The van der Waals surface area contributed by atoms with Crippen LogP contribution in [0, 0.1) is 0 Å². The monoisotopic (exact) mass is 231 g/mol. The quantitative estimate of drug-likeness (QED) is 0.706. The van der Waals surface area contributed by atoms with Gasteiger partial charge in [0.05, 0.1) is 0 Å². The van der Waals surface area contributed by atoms with E-state index in [0.29, 0.717) is 5.52 Å². The molecule has 84 valence electrons. The Labute approximate surface area is 86.6 Å². The van der Waals surface area contributed by atoms with Gasteiger partial charge in [-0.15, -0.1) is 0 Å². The van der Waals surface area contributed by atoms with Crippen LogP contribution in [0.1, 0.15) is 0 Å². The lowest BCUT2D eigenvalue weighted by atomic mass is 10.3. The summed E-state index contributed by atoms with van der Waals surface area (Å²) in [6.07, 6.45) is -5.79. The molecule has 0 atom stereocenters. The molecule has 0 aliphatic rings. The maximum atomic E-state index is 11.8. The minimum Gasteiger partial charge on any atom is -0.409 e. The Hall–Kier alpha value is -2.05. The van der Waals surface area contributed by atoms with Crippen molar-refractivity contribution in [1.29, 1.82) is 0 Å². The van der Waals surface area contributed by atoms with Crippen molar-refractivity contribution in [2.75, 3.05) is 0 Å². The van der Waals surface area contributed by atoms with Crippen molar-refractivity contribution in [3.05, 3.63) is 24.3 Å². The van der Waals surface area contributed by atoms with Crippen molar-refractivity contribution in [3.8, 4) is 6.08 Å². The molecule has 0 N–H and O–H groups in total. The van der Waals surface area contributed by atoms with E-state index in [1.165, 1.54) is 12.1 Å². The molecule has 0 aliphatic carbocycles. The number of hydrogen-bond donors (Lipinski definition) is 0. The highest BCUT2D eigenvalue weighted by atomic mass is 19.4. The first-order chi connectivity index (χ1) is 7.47. The maximum absolute atomic E-state index is 11.8. The normalized spacial score (nSPS) is 11.7. The Morgan fingerprint density at radius 1 is 1.31 bits per heavy atom. The van der Waals surface area contributed by atoms with Gasteiger partial charge in [-0.05, 0) is 12.1 Å². The van der Waals surface area contributed by atoms with Crippen LogP contribution in [0.2, 0.25) is 0 Å². The number of para-hydroxylation sites is 2. The van der Waals surface area contributed by atoms with E-state index in [9.17, 15) is 18.0 Å². The van der Waals surface area contributed by atoms with Gasteiger partial charge in [-0.2, -0.15) is 18.2 Å².